The Bertz CT molecular complexity index is 368. The van der Waals surface area contributed by atoms with Crippen molar-refractivity contribution in [3.8, 4) is 0 Å². The second-order valence-corrected chi connectivity index (χ2v) is 5.32. The number of amides is 1. The molecule has 0 heterocycles. The van der Waals surface area contributed by atoms with Crippen molar-refractivity contribution in [3.05, 3.63) is 35.9 Å². The van der Waals surface area contributed by atoms with Gasteiger partial charge < -0.3 is 5.32 Å². The Balaban J connectivity index is 1.94. The van der Waals surface area contributed by atoms with E-state index in [-0.39, 0.29) is 11.9 Å². The Hall–Kier alpha value is -1.31. The summed E-state index contributed by atoms with van der Waals surface area (Å²) < 4.78 is 0. The van der Waals surface area contributed by atoms with Gasteiger partial charge in [-0.3, -0.25) is 4.79 Å². The lowest BCUT2D eigenvalue weighted by atomic mass is 9.96. The van der Waals surface area contributed by atoms with E-state index in [1.54, 1.807) is 0 Å². The van der Waals surface area contributed by atoms with Crippen LogP contribution in [0.2, 0.25) is 0 Å². The van der Waals surface area contributed by atoms with Gasteiger partial charge >= 0.3 is 0 Å². The molecule has 92 valence electrons. The van der Waals surface area contributed by atoms with Gasteiger partial charge in [-0.15, -0.1) is 0 Å². The molecule has 1 amide bonds. The lowest BCUT2D eigenvalue weighted by molar-refractivity contribution is -0.123. The fourth-order valence-corrected chi connectivity index (χ4v) is 1.97. The minimum atomic E-state index is 0.250. The normalized spacial score (nSPS) is 16.9. The number of rotatable bonds is 5. The van der Waals surface area contributed by atoms with E-state index in [2.05, 4.69) is 43.4 Å². The topological polar surface area (TPSA) is 29.1 Å². The molecule has 1 N–H and O–H groups in total. The second kappa shape index (κ2) is 5.35. The van der Waals surface area contributed by atoms with Crippen LogP contribution in [0.5, 0.6) is 0 Å². The molecule has 0 aromatic heterocycles. The Labute approximate surface area is 103 Å². The zero-order valence-electron chi connectivity index (χ0n) is 10.6. The minimum Gasteiger partial charge on any atom is -0.353 e. The lowest BCUT2D eigenvalue weighted by Crippen LogP contribution is -2.40. The van der Waals surface area contributed by atoms with Crippen LogP contribution in [-0.2, 0) is 11.2 Å². The number of benzene rings is 1. The second-order valence-electron chi connectivity index (χ2n) is 5.32. The van der Waals surface area contributed by atoms with Crippen LogP contribution in [0, 0.1) is 11.8 Å². The molecule has 1 aromatic carbocycles. The molecule has 1 fully saturated rings. The number of hydrogen-bond acceptors (Lipinski definition) is 1. The fourth-order valence-electron chi connectivity index (χ4n) is 1.97. The Morgan fingerprint density at radius 1 is 1.29 bits per heavy atom. The quantitative estimate of drug-likeness (QED) is 0.829. The summed E-state index contributed by atoms with van der Waals surface area (Å²) in [6.45, 7) is 4.33. The molecule has 1 aromatic rings. The van der Waals surface area contributed by atoms with Crippen molar-refractivity contribution in [1.29, 1.82) is 0 Å². The lowest BCUT2D eigenvalue weighted by Gasteiger charge is -2.22. The Kier molecular flexibility index (Phi) is 3.82. The highest BCUT2D eigenvalue weighted by molar-refractivity contribution is 5.81. The van der Waals surface area contributed by atoms with Crippen LogP contribution in [0.25, 0.3) is 0 Å². The van der Waals surface area contributed by atoms with Gasteiger partial charge in [-0.25, -0.2) is 0 Å². The zero-order valence-corrected chi connectivity index (χ0v) is 10.6. The van der Waals surface area contributed by atoms with E-state index >= 15 is 0 Å². The largest absolute Gasteiger partial charge is 0.353 e. The molecule has 0 radical (unpaired) electrons. The third kappa shape index (κ3) is 3.58. The summed E-state index contributed by atoms with van der Waals surface area (Å²) in [4.78, 5) is 11.8. The summed E-state index contributed by atoms with van der Waals surface area (Å²) in [6, 6.07) is 10.6. The van der Waals surface area contributed by atoms with E-state index in [0.29, 0.717) is 11.8 Å². The average molecular weight is 231 g/mol. The first kappa shape index (κ1) is 12.2. The molecule has 1 atom stereocenters. The number of carbonyl (C=O) groups is 1. The van der Waals surface area contributed by atoms with E-state index in [0.717, 1.165) is 19.3 Å². The van der Waals surface area contributed by atoms with Gasteiger partial charge in [0.15, 0.2) is 0 Å². The summed E-state index contributed by atoms with van der Waals surface area (Å²) in [5.41, 5.74) is 1.29. The van der Waals surface area contributed by atoms with Gasteiger partial charge in [0, 0.05) is 12.0 Å². The first-order valence-corrected chi connectivity index (χ1v) is 6.51. The molecule has 1 saturated carbocycles. The van der Waals surface area contributed by atoms with Gasteiger partial charge in [0.05, 0.1) is 0 Å². The van der Waals surface area contributed by atoms with Gasteiger partial charge in [0.1, 0.15) is 0 Å². The third-order valence-electron chi connectivity index (χ3n) is 3.38. The van der Waals surface area contributed by atoms with E-state index in [1.807, 2.05) is 6.07 Å². The van der Waals surface area contributed by atoms with Crippen molar-refractivity contribution in [2.45, 2.75) is 39.2 Å². The van der Waals surface area contributed by atoms with E-state index in [9.17, 15) is 4.79 Å². The highest BCUT2D eigenvalue weighted by atomic mass is 16.2. The molecule has 0 spiro atoms. The first-order chi connectivity index (χ1) is 8.16. The molecule has 1 aliphatic rings. The maximum Gasteiger partial charge on any atom is 0.223 e. The highest BCUT2D eigenvalue weighted by Crippen LogP contribution is 2.29. The predicted molar refractivity (Wildman–Crippen MR) is 69.6 cm³/mol. The molecular formula is C15H21NO. The van der Waals surface area contributed by atoms with Crippen LogP contribution in [0.3, 0.4) is 0 Å². The summed E-state index contributed by atoms with van der Waals surface area (Å²) in [7, 11) is 0. The van der Waals surface area contributed by atoms with Crippen LogP contribution < -0.4 is 5.32 Å². The van der Waals surface area contributed by atoms with Crippen LogP contribution in [0.4, 0.5) is 0 Å². The standard InChI is InChI=1S/C15H21NO/c1-11(2)14(16-15(17)13-8-9-13)10-12-6-4-3-5-7-12/h3-7,11,13-14H,8-10H2,1-2H3,(H,16,17)/t14-/m1/s1. The van der Waals surface area contributed by atoms with Crippen LogP contribution >= 0.6 is 0 Å². The van der Waals surface area contributed by atoms with Crippen molar-refractivity contribution >= 4 is 5.91 Å². The maximum atomic E-state index is 11.8. The molecule has 0 saturated heterocycles. The summed E-state index contributed by atoms with van der Waals surface area (Å²) in [5.74, 6) is 1.02. The van der Waals surface area contributed by atoms with Crippen molar-refractivity contribution in [1.82, 2.24) is 5.32 Å². The van der Waals surface area contributed by atoms with Crippen LogP contribution in [-0.4, -0.2) is 11.9 Å². The Morgan fingerprint density at radius 2 is 1.94 bits per heavy atom. The van der Waals surface area contributed by atoms with E-state index in [1.165, 1.54) is 5.56 Å². The molecular weight excluding hydrogens is 210 g/mol. The number of hydrogen-bond donors (Lipinski definition) is 1. The smallest absolute Gasteiger partial charge is 0.223 e. The predicted octanol–water partition coefficient (Wildman–Crippen LogP) is 2.78. The summed E-state index contributed by atoms with van der Waals surface area (Å²) in [6.07, 6.45) is 3.07. The molecule has 1 aliphatic carbocycles. The van der Waals surface area contributed by atoms with Gasteiger partial charge in [-0.1, -0.05) is 44.2 Å². The van der Waals surface area contributed by atoms with E-state index in [4.69, 9.17) is 0 Å². The van der Waals surface area contributed by atoms with Gasteiger partial charge in [0.25, 0.3) is 0 Å². The third-order valence-corrected chi connectivity index (χ3v) is 3.38. The Morgan fingerprint density at radius 3 is 2.47 bits per heavy atom. The number of nitrogens with one attached hydrogen (secondary N) is 1. The minimum absolute atomic E-state index is 0.250. The van der Waals surface area contributed by atoms with Gasteiger partial charge in [0.2, 0.25) is 5.91 Å². The molecule has 0 aliphatic heterocycles. The van der Waals surface area contributed by atoms with Crippen LogP contribution in [0.1, 0.15) is 32.3 Å². The number of carbonyl (C=O) groups excluding carboxylic acids is 1. The van der Waals surface area contributed by atoms with Crippen molar-refractivity contribution in [2.75, 3.05) is 0 Å². The SMILES string of the molecule is CC(C)[C@@H](Cc1ccccc1)NC(=O)C1CC1. The highest BCUT2D eigenvalue weighted by Gasteiger charge is 2.31. The molecule has 0 bridgehead atoms. The molecule has 2 nitrogen and oxygen atoms in total. The average Bonchev–Trinajstić information content (AvgIpc) is 3.13. The van der Waals surface area contributed by atoms with Crippen LogP contribution in [0.15, 0.2) is 30.3 Å². The molecule has 2 heteroatoms. The van der Waals surface area contributed by atoms with Crippen molar-refractivity contribution in [3.63, 3.8) is 0 Å². The maximum absolute atomic E-state index is 11.8. The van der Waals surface area contributed by atoms with Crippen molar-refractivity contribution < 1.29 is 4.79 Å². The van der Waals surface area contributed by atoms with Crippen molar-refractivity contribution in [2.24, 2.45) is 11.8 Å². The fraction of sp³-hybridized carbons (Fsp3) is 0.533. The molecule has 2 rings (SSSR count). The first-order valence-electron chi connectivity index (χ1n) is 6.51. The van der Waals surface area contributed by atoms with Gasteiger partial charge in [-0.2, -0.15) is 0 Å². The monoisotopic (exact) mass is 231 g/mol. The summed E-state index contributed by atoms with van der Waals surface area (Å²) >= 11 is 0. The zero-order chi connectivity index (χ0) is 12.3. The molecule has 0 unspecified atom stereocenters. The molecule has 17 heavy (non-hydrogen) atoms. The van der Waals surface area contributed by atoms with Gasteiger partial charge in [-0.05, 0) is 30.7 Å². The summed E-state index contributed by atoms with van der Waals surface area (Å²) in [5, 5.41) is 3.19. The van der Waals surface area contributed by atoms with E-state index < -0.39 is 0 Å².